The van der Waals surface area contributed by atoms with Crippen LogP contribution in [0.4, 0.5) is 0 Å². The van der Waals surface area contributed by atoms with Crippen molar-refractivity contribution in [1.29, 1.82) is 0 Å². The van der Waals surface area contributed by atoms with Crippen LogP contribution in [0, 0.1) is 0 Å². The predicted molar refractivity (Wildman–Crippen MR) is 67.1 cm³/mol. The molecular weight excluding hydrogens is 216 g/mol. The van der Waals surface area contributed by atoms with E-state index in [1.165, 1.54) is 18.9 Å². The SMILES string of the molecule is CN1CCC(NCc2ccc(O)c(O)c2)CC1. The number of piperidine rings is 1. The second-order valence-electron chi connectivity index (χ2n) is 4.78. The summed E-state index contributed by atoms with van der Waals surface area (Å²) >= 11 is 0. The van der Waals surface area contributed by atoms with E-state index in [0.29, 0.717) is 6.04 Å². The van der Waals surface area contributed by atoms with E-state index in [-0.39, 0.29) is 11.5 Å². The molecule has 17 heavy (non-hydrogen) atoms. The number of rotatable bonds is 3. The summed E-state index contributed by atoms with van der Waals surface area (Å²) in [4.78, 5) is 2.34. The third-order valence-electron chi connectivity index (χ3n) is 3.35. The number of likely N-dealkylation sites (tertiary alicyclic amines) is 1. The maximum absolute atomic E-state index is 9.39. The van der Waals surface area contributed by atoms with E-state index in [4.69, 9.17) is 0 Å². The van der Waals surface area contributed by atoms with Gasteiger partial charge in [-0.25, -0.2) is 0 Å². The smallest absolute Gasteiger partial charge is 0.157 e. The van der Waals surface area contributed by atoms with Gasteiger partial charge in [-0.3, -0.25) is 0 Å². The third kappa shape index (κ3) is 3.35. The molecule has 1 aliphatic rings. The Labute approximate surface area is 102 Å². The molecule has 0 spiro atoms. The molecule has 0 unspecified atom stereocenters. The molecule has 0 aromatic heterocycles. The zero-order valence-corrected chi connectivity index (χ0v) is 10.2. The Kier molecular flexibility index (Phi) is 3.86. The second kappa shape index (κ2) is 5.38. The fraction of sp³-hybridized carbons (Fsp3) is 0.538. The molecule has 1 aromatic rings. The highest BCUT2D eigenvalue weighted by molar-refractivity contribution is 5.40. The van der Waals surface area contributed by atoms with Crippen LogP contribution in [-0.4, -0.2) is 41.3 Å². The van der Waals surface area contributed by atoms with Gasteiger partial charge < -0.3 is 20.4 Å². The van der Waals surface area contributed by atoms with Crippen molar-refractivity contribution in [3.05, 3.63) is 23.8 Å². The molecule has 0 amide bonds. The Morgan fingerprint density at radius 2 is 1.94 bits per heavy atom. The number of benzene rings is 1. The van der Waals surface area contributed by atoms with Crippen LogP contribution in [0.1, 0.15) is 18.4 Å². The van der Waals surface area contributed by atoms with Gasteiger partial charge in [0.25, 0.3) is 0 Å². The van der Waals surface area contributed by atoms with E-state index in [1.54, 1.807) is 6.07 Å². The zero-order chi connectivity index (χ0) is 12.3. The quantitative estimate of drug-likeness (QED) is 0.692. The van der Waals surface area contributed by atoms with E-state index < -0.39 is 0 Å². The Morgan fingerprint density at radius 1 is 1.24 bits per heavy atom. The van der Waals surface area contributed by atoms with Crippen molar-refractivity contribution in [2.45, 2.75) is 25.4 Å². The minimum Gasteiger partial charge on any atom is -0.504 e. The average Bonchev–Trinajstić information content (AvgIpc) is 2.33. The first kappa shape index (κ1) is 12.2. The van der Waals surface area contributed by atoms with E-state index in [9.17, 15) is 10.2 Å². The summed E-state index contributed by atoms with van der Waals surface area (Å²) in [5, 5.41) is 22.1. The zero-order valence-electron chi connectivity index (χ0n) is 10.2. The predicted octanol–water partition coefficient (Wildman–Crippen LogP) is 1.28. The first-order valence-electron chi connectivity index (χ1n) is 6.08. The van der Waals surface area contributed by atoms with Crippen molar-refractivity contribution in [1.82, 2.24) is 10.2 Å². The molecule has 0 atom stereocenters. The maximum Gasteiger partial charge on any atom is 0.157 e. The molecule has 1 aliphatic heterocycles. The molecule has 2 rings (SSSR count). The molecule has 0 bridgehead atoms. The molecule has 0 saturated carbocycles. The van der Waals surface area contributed by atoms with Gasteiger partial charge in [-0.1, -0.05) is 6.07 Å². The molecule has 3 N–H and O–H groups in total. The van der Waals surface area contributed by atoms with E-state index in [0.717, 1.165) is 25.2 Å². The molecule has 1 heterocycles. The molecular formula is C13H20N2O2. The van der Waals surface area contributed by atoms with Crippen LogP contribution in [0.25, 0.3) is 0 Å². The number of nitrogens with one attached hydrogen (secondary N) is 1. The van der Waals surface area contributed by atoms with Crippen molar-refractivity contribution < 1.29 is 10.2 Å². The first-order valence-corrected chi connectivity index (χ1v) is 6.08. The molecule has 1 saturated heterocycles. The molecule has 4 heteroatoms. The lowest BCUT2D eigenvalue weighted by Gasteiger charge is -2.29. The largest absolute Gasteiger partial charge is 0.504 e. The second-order valence-corrected chi connectivity index (χ2v) is 4.78. The Hall–Kier alpha value is -1.26. The summed E-state index contributed by atoms with van der Waals surface area (Å²) in [5.74, 6) is -0.110. The van der Waals surface area contributed by atoms with Gasteiger partial charge in [0.05, 0.1) is 0 Å². The Bertz CT molecular complexity index is 374. The summed E-state index contributed by atoms with van der Waals surface area (Å²) in [6.07, 6.45) is 2.33. The highest BCUT2D eigenvalue weighted by Gasteiger charge is 2.15. The minimum absolute atomic E-state index is 0.0484. The third-order valence-corrected chi connectivity index (χ3v) is 3.35. The van der Waals surface area contributed by atoms with Crippen molar-refractivity contribution >= 4 is 0 Å². The van der Waals surface area contributed by atoms with Crippen molar-refractivity contribution in [3.8, 4) is 11.5 Å². The number of aromatic hydroxyl groups is 2. The lowest BCUT2D eigenvalue weighted by Crippen LogP contribution is -2.40. The van der Waals surface area contributed by atoms with Gasteiger partial charge in [0.1, 0.15) is 0 Å². The van der Waals surface area contributed by atoms with E-state index in [1.807, 2.05) is 6.07 Å². The highest BCUT2D eigenvalue weighted by atomic mass is 16.3. The Morgan fingerprint density at radius 3 is 2.59 bits per heavy atom. The van der Waals surface area contributed by atoms with Crippen molar-refractivity contribution in [2.24, 2.45) is 0 Å². The standard InChI is InChI=1S/C13H20N2O2/c1-15-6-4-11(5-7-15)14-9-10-2-3-12(16)13(17)8-10/h2-3,8,11,14,16-17H,4-7,9H2,1H3. The molecule has 4 nitrogen and oxygen atoms in total. The summed E-state index contributed by atoms with van der Waals surface area (Å²) in [7, 11) is 2.15. The minimum atomic E-state index is -0.0620. The number of phenols is 2. The monoisotopic (exact) mass is 236 g/mol. The van der Waals surface area contributed by atoms with Gasteiger partial charge in [-0.05, 0) is 50.7 Å². The van der Waals surface area contributed by atoms with Crippen LogP contribution < -0.4 is 5.32 Å². The van der Waals surface area contributed by atoms with Crippen LogP contribution in [0.2, 0.25) is 0 Å². The molecule has 94 valence electrons. The van der Waals surface area contributed by atoms with Crippen molar-refractivity contribution in [2.75, 3.05) is 20.1 Å². The fourth-order valence-electron chi connectivity index (χ4n) is 2.15. The van der Waals surface area contributed by atoms with E-state index in [2.05, 4.69) is 17.3 Å². The van der Waals surface area contributed by atoms with Crippen LogP contribution >= 0.6 is 0 Å². The lowest BCUT2D eigenvalue weighted by atomic mass is 10.1. The van der Waals surface area contributed by atoms with Crippen LogP contribution in [0.5, 0.6) is 11.5 Å². The van der Waals surface area contributed by atoms with Gasteiger partial charge in [-0.2, -0.15) is 0 Å². The summed E-state index contributed by atoms with van der Waals surface area (Å²) < 4.78 is 0. The van der Waals surface area contributed by atoms with Gasteiger partial charge in [0.2, 0.25) is 0 Å². The fourth-order valence-corrected chi connectivity index (χ4v) is 2.15. The summed E-state index contributed by atoms with van der Waals surface area (Å²) in [6, 6.07) is 5.53. The average molecular weight is 236 g/mol. The van der Waals surface area contributed by atoms with E-state index >= 15 is 0 Å². The highest BCUT2D eigenvalue weighted by Crippen LogP contribution is 2.24. The maximum atomic E-state index is 9.39. The van der Waals surface area contributed by atoms with Gasteiger partial charge in [0, 0.05) is 12.6 Å². The van der Waals surface area contributed by atoms with Crippen LogP contribution in [0.3, 0.4) is 0 Å². The van der Waals surface area contributed by atoms with Crippen LogP contribution in [0.15, 0.2) is 18.2 Å². The normalized spacial score (nSPS) is 18.4. The lowest BCUT2D eigenvalue weighted by molar-refractivity contribution is 0.234. The van der Waals surface area contributed by atoms with Gasteiger partial charge in [-0.15, -0.1) is 0 Å². The Balaban J connectivity index is 1.83. The number of hydrogen-bond acceptors (Lipinski definition) is 4. The summed E-state index contributed by atoms with van der Waals surface area (Å²) in [5.41, 5.74) is 0.999. The first-order chi connectivity index (χ1) is 8.15. The number of phenolic OH excluding ortho intramolecular Hbond substituents is 2. The molecule has 1 fully saturated rings. The molecule has 1 aromatic carbocycles. The van der Waals surface area contributed by atoms with Gasteiger partial charge in [0.15, 0.2) is 11.5 Å². The summed E-state index contributed by atoms with van der Waals surface area (Å²) in [6.45, 7) is 3.01. The van der Waals surface area contributed by atoms with Gasteiger partial charge >= 0.3 is 0 Å². The molecule has 0 aliphatic carbocycles. The van der Waals surface area contributed by atoms with Crippen LogP contribution in [-0.2, 0) is 6.54 Å². The molecule has 0 radical (unpaired) electrons. The topological polar surface area (TPSA) is 55.7 Å². The number of nitrogens with zero attached hydrogens (tertiary/aromatic N) is 1. The van der Waals surface area contributed by atoms with Crippen molar-refractivity contribution in [3.63, 3.8) is 0 Å². The number of hydrogen-bond donors (Lipinski definition) is 3.